The summed E-state index contributed by atoms with van der Waals surface area (Å²) >= 11 is 0. The third-order valence-corrected chi connectivity index (χ3v) is 4.16. The van der Waals surface area contributed by atoms with E-state index >= 15 is 0 Å². The zero-order chi connectivity index (χ0) is 13.0. The van der Waals surface area contributed by atoms with Crippen LogP contribution in [0.2, 0.25) is 0 Å². The summed E-state index contributed by atoms with van der Waals surface area (Å²) in [5.74, 6) is 0.961. The molecule has 0 spiro atoms. The van der Waals surface area contributed by atoms with Crippen LogP contribution in [0.3, 0.4) is 0 Å². The molecule has 5 heteroatoms. The van der Waals surface area contributed by atoms with Crippen molar-refractivity contribution >= 4 is 0 Å². The largest absolute Gasteiger partial charge is 0.392 e. The van der Waals surface area contributed by atoms with Crippen LogP contribution in [0, 0.1) is 5.41 Å². The van der Waals surface area contributed by atoms with Gasteiger partial charge < -0.3 is 10.8 Å². The minimum Gasteiger partial charge on any atom is -0.392 e. The van der Waals surface area contributed by atoms with Crippen LogP contribution in [-0.4, -0.2) is 32.5 Å². The zero-order valence-electron chi connectivity index (χ0n) is 11.2. The molecule has 1 fully saturated rings. The quantitative estimate of drug-likeness (QED) is 0.823. The first-order valence-electron chi connectivity index (χ1n) is 6.96. The van der Waals surface area contributed by atoms with Crippen molar-refractivity contribution in [2.75, 3.05) is 6.54 Å². The van der Waals surface area contributed by atoms with Crippen LogP contribution in [0.25, 0.3) is 0 Å². The Bertz CT molecular complexity index is 379. The summed E-state index contributed by atoms with van der Waals surface area (Å²) in [5.41, 5.74) is 5.75. The smallest absolute Gasteiger partial charge is 0.138 e. The number of hydrogen-bond acceptors (Lipinski definition) is 4. The van der Waals surface area contributed by atoms with Crippen molar-refractivity contribution in [1.29, 1.82) is 0 Å². The van der Waals surface area contributed by atoms with Crippen molar-refractivity contribution < 1.29 is 5.11 Å². The SMILES string of the molecule is CCCn1ncnc1CC1(CN)CCCCC1O. The first-order chi connectivity index (χ1) is 8.72. The molecule has 2 unspecified atom stereocenters. The molecular formula is C13H24N4O. The van der Waals surface area contributed by atoms with Gasteiger partial charge in [-0.3, -0.25) is 4.68 Å². The summed E-state index contributed by atoms with van der Waals surface area (Å²) in [6.45, 7) is 3.53. The minimum absolute atomic E-state index is 0.198. The van der Waals surface area contributed by atoms with Gasteiger partial charge in [0.25, 0.3) is 0 Å². The molecule has 1 aliphatic rings. The molecule has 102 valence electrons. The Hall–Kier alpha value is -0.940. The van der Waals surface area contributed by atoms with Gasteiger partial charge in [0.2, 0.25) is 0 Å². The summed E-state index contributed by atoms with van der Waals surface area (Å²) < 4.78 is 1.94. The molecule has 0 amide bonds. The third kappa shape index (κ3) is 2.57. The summed E-state index contributed by atoms with van der Waals surface area (Å²) in [6, 6.07) is 0. The van der Waals surface area contributed by atoms with E-state index in [4.69, 9.17) is 5.73 Å². The highest BCUT2D eigenvalue weighted by Crippen LogP contribution is 2.38. The minimum atomic E-state index is -0.303. The molecular weight excluding hydrogens is 228 g/mol. The fourth-order valence-electron chi connectivity index (χ4n) is 2.94. The van der Waals surface area contributed by atoms with Gasteiger partial charge in [0.15, 0.2) is 0 Å². The lowest BCUT2D eigenvalue weighted by atomic mass is 9.69. The number of aryl methyl sites for hydroxylation is 1. The summed E-state index contributed by atoms with van der Waals surface area (Å²) in [7, 11) is 0. The highest BCUT2D eigenvalue weighted by molar-refractivity contribution is 5.00. The zero-order valence-corrected chi connectivity index (χ0v) is 11.2. The van der Waals surface area contributed by atoms with Gasteiger partial charge in [-0.15, -0.1) is 0 Å². The van der Waals surface area contributed by atoms with Crippen LogP contribution in [0.5, 0.6) is 0 Å². The van der Waals surface area contributed by atoms with E-state index < -0.39 is 0 Å². The van der Waals surface area contributed by atoms with Crippen LogP contribution < -0.4 is 5.73 Å². The molecule has 1 aliphatic carbocycles. The second-order valence-corrected chi connectivity index (χ2v) is 5.40. The number of nitrogens with two attached hydrogens (primary N) is 1. The molecule has 18 heavy (non-hydrogen) atoms. The highest BCUT2D eigenvalue weighted by atomic mass is 16.3. The van der Waals surface area contributed by atoms with Gasteiger partial charge in [0.1, 0.15) is 12.2 Å². The molecule has 1 aromatic heterocycles. The van der Waals surface area contributed by atoms with Crippen molar-refractivity contribution in [3.63, 3.8) is 0 Å². The fourth-order valence-corrected chi connectivity index (χ4v) is 2.94. The fraction of sp³-hybridized carbons (Fsp3) is 0.846. The van der Waals surface area contributed by atoms with E-state index in [2.05, 4.69) is 17.0 Å². The maximum atomic E-state index is 10.3. The normalized spacial score (nSPS) is 28.5. The summed E-state index contributed by atoms with van der Waals surface area (Å²) in [4.78, 5) is 4.34. The number of rotatable bonds is 5. The lowest BCUT2D eigenvalue weighted by molar-refractivity contribution is -0.00773. The lowest BCUT2D eigenvalue weighted by Gasteiger charge is -2.40. The predicted octanol–water partition coefficient (Wildman–Crippen LogP) is 1.11. The topological polar surface area (TPSA) is 77.0 Å². The van der Waals surface area contributed by atoms with Gasteiger partial charge in [-0.1, -0.05) is 19.8 Å². The molecule has 0 saturated heterocycles. The van der Waals surface area contributed by atoms with Crippen molar-refractivity contribution in [2.24, 2.45) is 11.1 Å². The van der Waals surface area contributed by atoms with Crippen molar-refractivity contribution in [3.8, 4) is 0 Å². The Morgan fingerprint density at radius 2 is 2.39 bits per heavy atom. The molecule has 1 saturated carbocycles. The monoisotopic (exact) mass is 252 g/mol. The van der Waals surface area contributed by atoms with Gasteiger partial charge in [0, 0.05) is 24.9 Å². The molecule has 1 aromatic rings. The summed E-state index contributed by atoms with van der Waals surface area (Å²) in [5, 5.41) is 14.5. The van der Waals surface area contributed by atoms with Crippen LogP contribution in [0.1, 0.15) is 44.9 Å². The number of hydrogen-bond donors (Lipinski definition) is 2. The standard InChI is InChI=1S/C13H24N4O/c1-2-7-17-12(15-10-16-17)8-13(9-14)6-4-3-5-11(13)18/h10-11,18H,2-9,14H2,1H3. The average molecular weight is 252 g/mol. The molecule has 3 N–H and O–H groups in total. The molecule has 0 radical (unpaired) electrons. The Balaban J connectivity index is 2.16. The Kier molecular flexibility index (Phi) is 4.35. The lowest BCUT2D eigenvalue weighted by Crippen LogP contribution is -2.46. The van der Waals surface area contributed by atoms with Gasteiger partial charge in [0.05, 0.1) is 6.10 Å². The molecule has 0 aliphatic heterocycles. The van der Waals surface area contributed by atoms with E-state index in [0.29, 0.717) is 6.54 Å². The Morgan fingerprint density at radius 3 is 3.06 bits per heavy atom. The van der Waals surface area contributed by atoms with Gasteiger partial charge >= 0.3 is 0 Å². The first-order valence-corrected chi connectivity index (χ1v) is 6.96. The molecule has 0 bridgehead atoms. The maximum absolute atomic E-state index is 10.3. The van der Waals surface area contributed by atoms with Crippen LogP contribution in [-0.2, 0) is 13.0 Å². The first kappa shape index (κ1) is 13.5. The Morgan fingerprint density at radius 1 is 1.56 bits per heavy atom. The van der Waals surface area contributed by atoms with Crippen LogP contribution in [0.15, 0.2) is 6.33 Å². The van der Waals surface area contributed by atoms with E-state index in [1.54, 1.807) is 6.33 Å². The molecule has 2 rings (SSSR count). The van der Waals surface area contributed by atoms with Crippen LogP contribution >= 0.6 is 0 Å². The average Bonchev–Trinajstić information content (AvgIpc) is 2.80. The third-order valence-electron chi connectivity index (χ3n) is 4.16. The van der Waals surface area contributed by atoms with Crippen LogP contribution in [0.4, 0.5) is 0 Å². The number of aliphatic hydroxyl groups excluding tert-OH is 1. The second kappa shape index (κ2) is 5.80. The number of nitrogens with zero attached hydrogens (tertiary/aromatic N) is 3. The maximum Gasteiger partial charge on any atom is 0.138 e. The molecule has 1 heterocycles. The van der Waals surface area contributed by atoms with E-state index in [0.717, 1.165) is 50.9 Å². The molecule has 0 aromatic carbocycles. The number of aliphatic hydroxyl groups is 1. The van der Waals surface area contributed by atoms with Crippen molar-refractivity contribution in [1.82, 2.24) is 14.8 Å². The second-order valence-electron chi connectivity index (χ2n) is 5.40. The molecule has 5 nitrogen and oxygen atoms in total. The van der Waals surface area contributed by atoms with Crippen molar-refractivity contribution in [3.05, 3.63) is 12.2 Å². The predicted molar refractivity (Wildman–Crippen MR) is 70.0 cm³/mol. The Labute approximate surface area is 108 Å². The highest BCUT2D eigenvalue weighted by Gasteiger charge is 2.39. The summed E-state index contributed by atoms with van der Waals surface area (Å²) in [6.07, 6.45) is 7.18. The number of aromatic nitrogens is 3. The van der Waals surface area contributed by atoms with Crippen molar-refractivity contribution in [2.45, 2.75) is 58.1 Å². The van der Waals surface area contributed by atoms with Gasteiger partial charge in [-0.2, -0.15) is 5.10 Å². The van der Waals surface area contributed by atoms with Gasteiger partial charge in [-0.05, 0) is 19.3 Å². The van der Waals surface area contributed by atoms with E-state index in [1.165, 1.54) is 0 Å². The van der Waals surface area contributed by atoms with Gasteiger partial charge in [-0.25, -0.2) is 4.98 Å². The van der Waals surface area contributed by atoms with E-state index in [-0.39, 0.29) is 11.5 Å². The molecule has 2 atom stereocenters. The van der Waals surface area contributed by atoms with E-state index in [1.807, 2.05) is 4.68 Å². The van der Waals surface area contributed by atoms with E-state index in [9.17, 15) is 5.11 Å².